The van der Waals surface area contributed by atoms with Crippen molar-refractivity contribution >= 4 is 22.7 Å². The van der Waals surface area contributed by atoms with Crippen LogP contribution in [0.2, 0.25) is 0 Å². The van der Waals surface area contributed by atoms with E-state index in [-0.39, 0.29) is 5.56 Å². The normalized spacial score (nSPS) is 10.8. The number of aromatic nitrogens is 5. The van der Waals surface area contributed by atoms with Gasteiger partial charge in [-0.2, -0.15) is 0 Å². The van der Waals surface area contributed by atoms with Gasteiger partial charge in [-0.1, -0.05) is 6.92 Å². The number of hydrogen-bond donors (Lipinski definition) is 1. The first-order chi connectivity index (χ1) is 11.6. The smallest absolute Gasteiger partial charge is 0.379 e. The fourth-order valence-corrected chi connectivity index (χ4v) is 2.38. The molecule has 0 unspecified atom stereocenters. The summed E-state index contributed by atoms with van der Waals surface area (Å²) < 4.78 is 11.3. The lowest BCUT2D eigenvalue weighted by Crippen LogP contribution is -2.15. The second kappa shape index (κ2) is 6.11. The van der Waals surface area contributed by atoms with E-state index >= 15 is 0 Å². The molecular weight excluding hydrogens is 314 g/mol. The van der Waals surface area contributed by atoms with Crippen molar-refractivity contribution < 1.29 is 19.1 Å². The second-order valence-electron chi connectivity index (χ2n) is 4.88. The molecule has 3 heterocycles. The molecular formula is C15H15N5O4. The van der Waals surface area contributed by atoms with Crippen LogP contribution in [0.3, 0.4) is 0 Å². The number of rotatable bonds is 5. The average molecular weight is 329 g/mol. The molecule has 0 fully saturated rings. The quantitative estimate of drug-likeness (QED) is 0.423. The number of nitrogens with one attached hydrogen (secondary N) is 1. The van der Waals surface area contributed by atoms with E-state index in [9.17, 15) is 9.59 Å². The Kier molecular flexibility index (Phi) is 3.98. The molecule has 0 aliphatic rings. The van der Waals surface area contributed by atoms with Gasteiger partial charge >= 0.3 is 5.97 Å². The molecule has 3 aromatic heterocycles. The summed E-state index contributed by atoms with van der Waals surface area (Å²) in [5, 5.41) is 4.75. The number of ketones is 1. The molecule has 0 bridgehead atoms. The Morgan fingerprint density at radius 1 is 1.29 bits per heavy atom. The maximum absolute atomic E-state index is 12.2. The molecule has 9 nitrogen and oxygen atoms in total. The van der Waals surface area contributed by atoms with Gasteiger partial charge in [0.2, 0.25) is 0 Å². The van der Waals surface area contributed by atoms with Crippen LogP contribution < -0.4 is 4.74 Å². The number of nitrogens with zero attached hydrogens (tertiary/aromatic N) is 4. The van der Waals surface area contributed by atoms with Crippen LogP contribution in [0, 0.1) is 0 Å². The molecule has 0 aromatic carbocycles. The molecule has 0 spiro atoms. The molecule has 3 rings (SSSR count). The largest absolute Gasteiger partial charge is 0.494 e. The molecule has 0 amide bonds. The van der Waals surface area contributed by atoms with Crippen molar-refractivity contribution in [2.75, 3.05) is 14.2 Å². The van der Waals surface area contributed by atoms with E-state index < -0.39 is 11.8 Å². The van der Waals surface area contributed by atoms with Gasteiger partial charge in [0.15, 0.2) is 11.6 Å². The van der Waals surface area contributed by atoms with E-state index in [0.29, 0.717) is 34.7 Å². The summed E-state index contributed by atoms with van der Waals surface area (Å²) in [5.74, 6) is -0.254. The third kappa shape index (κ3) is 2.39. The Morgan fingerprint density at radius 3 is 2.71 bits per heavy atom. The van der Waals surface area contributed by atoms with Crippen LogP contribution in [0.15, 0.2) is 18.7 Å². The van der Waals surface area contributed by atoms with Crippen LogP contribution in [-0.2, 0) is 16.0 Å². The van der Waals surface area contributed by atoms with Crippen molar-refractivity contribution in [3.05, 3.63) is 30.1 Å². The molecule has 0 aliphatic heterocycles. The van der Waals surface area contributed by atoms with Gasteiger partial charge in [-0.05, 0) is 0 Å². The third-order valence-electron chi connectivity index (χ3n) is 3.56. The van der Waals surface area contributed by atoms with Crippen molar-refractivity contribution in [3.8, 4) is 11.6 Å². The predicted molar refractivity (Wildman–Crippen MR) is 83.3 cm³/mol. The van der Waals surface area contributed by atoms with Gasteiger partial charge in [-0.25, -0.2) is 19.4 Å². The predicted octanol–water partition coefficient (Wildman–Crippen LogP) is 1.07. The SMILES string of the molecule is CCc1ncn(-c2ncc(OC)c3c(C(=O)C(=O)OC)c[nH]c23)n1. The summed E-state index contributed by atoms with van der Waals surface area (Å²) in [7, 11) is 2.61. The van der Waals surface area contributed by atoms with Crippen LogP contribution in [0.4, 0.5) is 0 Å². The number of H-pyrrole nitrogens is 1. The highest BCUT2D eigenvalue weighted by Crippen LogP contribution is 2.31. The lowest BCUT2D eigenvalue weighted by atomic mass is 10.1. The standard InChI is InChI=1S/C15H15N5O4/c1-4-10-18-7-20(19-10)14-12-11(9(23-2)6-17-14)8(5-16-12)13(21)15(22)24-3/h5-7,16H,4H2,1-3H3. The van der Waals surface area contributed by atoms with Crippen molar-refractivity contribution in [1.29, 1.82) is 0 Å². The number of aromatic amines is 1. The topological polar surface area (TPSA) is 112 Å². The summed E-state index contributed by atoms with van der Waals surface area (Å²) in [5.41, 5.74) is 0.655. The zero-order chi connectivity index (χ0) is 17.3. The number of fused-ring (bicyclic) bond motifs is 1. The van der Waals surface area contributed by atoms with E-state index in [2.05, 4.69) is 24.8 Å². The first-order valence-electron chi connectivity index (χ1n) is 7.18. The van der Waals surface area contributed by atoms with Crippen LogP contribution in [0.5, 0.6) is 5.75 Å². The lowest BCUT2D eigenvalue weighted by molar-refractivity contribution is -0.135. The minimum absolute atomic E-state index is 0.146. The summed E-state index contributed by atoms with van der Waals surface area (Å²) in [6, 6.07) is 0. The number of hydrogen-bond acceptors (Lipinski definition) is 7. The van der Waals surface area contributed by atoms with Gasteiger partial charge in [-0.15, -0.1) is 5.10 Å². The zero-order valence-electron chi connectivity index (χ0n) is 13.4. The number of carbonyl (C=O) groups is 2. The molecule has 0 radical (unpaired) electrons. The average Bonchev–Trinajstić information content (AvgIpc) is 3.26. The number of aryl methyl sites for hydroxylation is 1. The van der Waals surface area contributed by atoms with Gasteiger partial charge in [0.05, 0.1) is 36.9 Å². The number of ether oxygens (including phenoxy) is 2. The minimum Gasteiger partial charge on any atom is -0.494 e. The molecule has 3 aromatic rings. The molecule has 0 saturated carbocycles. The maximum atomic E-state index is 12.2. The van der Waals surface area contributed by atoms with Gasteiger partial charge in [0, 0.05) is 12.6 Å². The molecule has 1 N–H and O–H groups in total. The fraction of sp³-hybridized carbons (Fsp3) is 0.267. The Hall–Kier alpha value is -3.23. The maximum Gasteiger partial charge on any atom is 0.379 e. The van der Waals surface area contributed by atoms with E-state index in [4.69, 9.17) is 4.74 Å². The summed E-state index contributed by atoms with van der Waals surface area (Å²) >= 11 is 0. The van der Waals surface area contributed by atoms with E-state index in [1.807, 2.05) is 6.92 Å². The van der Waals surface area contributed by atoms with Crippen molar-refractivity contribution in [3.63, 3.8) is 0 Å². The van der Waals surface area contributed by atoms with E-state index in [1.54, 1.807) is 0 Å². The lowest BCUT2D eigenvalue weighted by Gasteiger charge is -2.07. The Bertz CT molecular complexity index is 927. The van der Waals surface area contributed by atoms with E-state index in [1.165, 1.54) is 30.5 Å². The van der Waals surface area contributed by atoms with E-state index in [0.717, 1.165) is 7.11 Å². The molecule has 124 valence electrons. The minimum atomic E-state index is -0.953. The third-order valence-corrected chi connectivity index (χ3v) is 3.56. The number of esters is 1. The summed E-state index contributed by atoms with van der Waals surface area (Å²) in [4.78, 5) is 35.2. The van der Waals surface area contributed by atoms with Crippen LogP contribution in [0.1, 0.15) is 23.1 Å². The number of carbonyl (C=O) groups excluding carboxylic acids is 2. The monoisotopic (exact) mass is 329 g/mol. The Balaban J connectivity index is 2.22. The number of methoxy groups -OCH3 is 2. The van der Waals surface area contributed by atoms with Crippen LogP contribution in [0.25, 0.3) is 16.7 Å². The molecule has 0 saturated heterocycles. The number of pyridine rings is 1. The first-order valence-corrected chi connectivity index (χ1v) is 7.18. The zero-order valence-corrected chi connectivity index (χ0v) is 13.4. The first kappa shape index (κ1) is 15.7. The van der Waals surface area contributed by atoms with Crippen LogP contribution >= 0.6 is 0 Å². The van der Waals surface area contributed by atoms with Gasteiger partial charge < -0.3 is 14.5 Å². The van der Waals surface area contributed by atoms with Gasteiger partial charge in [0.25, 0.3) is 5.78 Å². The Labute approximate surface area is 136 Å². The second-order valence-corrected chi connectivity index (χ2v) is 4.88. The fourth-order valence-electron chi connectivity index (χ4n) is 2.38. The molecule has 0 atom stereocenters. The molecule has 0 aliphatic carbocycles. The van der Waals surface area contributed by atoms with Crippen LogP contribution in [-0.4, -0.2) is 50.7 Å². The highest BCUT2D eigenvalue weighted by Gasteiger charge is 2.25. The van der Waals surface area contributed by atoms with Crippen molar-refractivity contribution in [2.45, 2.75) is 13.3 Å². The van der Waals surface area contributed by atoms with Crippen molar-refractivity contribution in [1.82, 2.24) is 24.7 Å². The molecule has 9 heteroatoms. The number of Topliss-reactive ketones (excluding diaryl/α,β-unsaturated/α-hetero) is 1. The Morgan fingerprint density at radius 2 is 2.08 bits per heavy atom. The summed E-state index contributed by atoms with van der Waals surface area (Å²) in [6.07, 6.45) is 5.11. The summed E-state index contributed by atoms with van der Waals surface area (Å²) in [6.45, 7) is 1.94. The molecule has 24 heavy (non-hydrogen) atoms. The van der Waals surface area contributed by atoms with Crippen molar-refractivity contribution in [2.24, 2.45) is 0 Å². The van der Waals surface area contributed by atoms with Gasteiger partial charge in [0.1, 0.15) is 12.1 Å². The van der Waals surface area contributed by atoms with Gasteiger partial charge in [-0.3, -0.25) is 4.79 Å². The highest BCUT2D eigenvalue weighted by atomic mass is 16.5. The highest BCUT2D eigenvalue weighted by molar-refractivity contribution is 6.43.